The Morgan fingerprint density at radius 3 is 2.61 bits per heavy atom. The van der Waals surface area contributed by atoms with Crippen molar-refractivity contribution in [1.82, 2.24) is 24.8 Å². The number of carbonyl (C=O) groups is 1. The van der Waals surface area contributed by atoms with Crippen LogP contribution in [0.3, 0.4) is 0 Å². The molecule has 1 saturated heterocycles. The van der Waals surface area contributed by atoms with E-state index in [0.717, 1.165) is 78.2 Å². The molecule has 51 heavy (non-hydrogen) atoms. The molecule has 1 aliphatic carbocycles. The summed E-state index contributed by atoms with van der Waals surface area (Å²) >= 11 is 0. The molecule has 270 valence electrons. The summed E-state index contributed by atoms with van der Waals surface area (Å²) in [5, 5.41) is 3.30. The molecule has 0 bridgehead atoms. The van der Waals surface area contributed by atoms with Crippen molar-refractivity contribution < 1.29 is 22.7 Å². The molecule has 1 aromatic carbocycles. The predicted molar refractivity (Wildman–Crippen MR) is 196 cm³/mol. The van der Waals surface area contributed by atoms with E-state index in [1.54, 1.807) is 18.3 Å². The van der Waals surface area contributed by atoms with Crippen molar-refractivity contribution >= 4 is 29.0 Å². The minimum atomic E-state index is -4.38. The second-order valence-corrected chi connectivity index (χ2v) is 15.0. The summed E-state index contributed by atoms with van der Waals surface area (Å²) in [6.45, 7) is 8.56. The molecule has 1 N–H and O–H groups in total. The average molecular weight is 700 g/mol. The Kier molecular flexibility index (Phi) is 11.2. The van der Waals surface area contributed by atoms with Crippen LogP contribution in [0.4, 0.5) is 13.2 Å². The third-order valence-corrected chi connectivity index (χ3v) is 9.78. The van der Waals surface area contributed by atoms with Gasteiger partial charge in [-0.2, -0.15) is 13.2 Å². The fraction of sp³-hybridized carbons (Fsp3) is 0.463. The highest BCUT2D eigenvalue weighted by Crippen LogP contribution is 2.34. The number of carbonyl (C=O) groups excluding carboxylic acids is 1. The van der Waals surface area contributed by atoms with Crippen molar-refractivity contribution in [3.8, 4) is 0 Å². The maximum Gasteiger partial charge on any atom is 0.413 e. The minimum Gasteiger partial charge on any atom is -0.376 e. The van der Waals surface area contributed by atoms with Gasteiger partial charge in [0.2, 0.25) is 0 Å². The van der Waals surface area contributed by atoms with E-state index in [1.807, 2.05) is 37.4 Å². The fourth-order valence-corrected chi connectivity index (χ4v) is 6.93. The van der Waals surface area contributed by atoms with E-state index >= 15 is 0 Å². The van der Waals surface area contributed by atoms with Crippen molar-refractivity contribution in [1.29, 1.82) is 0 Å². The highest BCUT2D eigenvalue weighted by molar-refractivity contribution is 5.99. The SMILES string of the molecule is CNCCC(CCc1nc2ccc(C(=O)CC(C)(C)C)cc2n1CC1CCO1)c1cccc(CCc2ccnc3c2C=CCC(C(F)(F)F)=C3)n1. The van der Waals surface area contributed by atoms with Crippen LogP contribution in [0, 0.1) is 5.41 Å². The first-order valence-corrected chi connectivity index (χ1v) is 18.0. The zero-order valence-electron chi connectivity index (χ0n) is 30.0. The molecule has 3 aromatic heterocycles. The lowest BCUT2D eigenvalue weighted by atomic mass is 9.88. The number of benzene rings is 1. The summed E-state index contributed by atoms with van der Waals surface area (Å²) in [4.78, 5) is 27.6. The number of nitrogens with zero attached hydrogens (tertiary/aromatic N) is 4. The molecule has 0 spiro atoms. The normalized spacial score (nSPS) is 16.8. The van der Waals surface area contributed by atoms with E-state index in [0.29, 0.717) is 37.1 Å². The monoisotopic (exact) mass is 699 g/mol. The van der Waals surface area contributed by atoms with Gasteiger partial charge in [0.1, 0.15) is 5.82 Å². The largest absolute Gasteiger partial charge is 0.413 e. The molecule has 0 radical (unpaired) electrons. The Morgan fingerprint density at radius 2 is 1.88 bits per heavy atom. The summed E-state index contributed by atoms with van der Waals surface area (Å²) in [6.07, 6.45) is 6.95. The first-order valence-electron chi connectivity index (χ1n) is 18.0. The van der Waals surface area contributed by atoms with E-state index in [2.05, 4.69) is 47.8 Å². The number of nitrogens with one attached hydrogen (secondary N) is 1. The maximum atomic E-state index is 13.5. The van der Waals surface area contributed by atoms with E-state index in [-0.39, 0.29) is 29.6 Å². The fourth-order valence-electron chi connectivity index (χ4n) is 6.93. The first-order chi connectivity index (χ1) is 24.4. The van der Waals surface area contributed by atoms with Gasteiger partial charge in [0.05, 0.1) is 29.4 Å². The third-order valence-electron chi connectivity index (χ3n) is 9.78. The third kappa shape index (κ3) is 9.21. The number of aromatic nitrogens is 4. The molecule has 1 aliphatic heterocycles. The molecule has 0 saturated carbocycles. The molecule has 1 fully saturated rings. The number of imidazole rings is 1. The number of ether oxygens (including phenoxy) is 1. The number of pyridine rings is 2. The van der Waals surface area contributed by atoms with Crippen molar-refractivity contribution in [2.24, 2.45) is 5.41 Å². The van der Waals surface area contributed by atoms with Gasteiger partial charge in [-0.3, -0.25) is 14.8 Å². The first kappa shape index (κ1) is 36.6. The van der Waals surface area contributed by atoms with Crippen LogP contribution < -0.4 is 5.32 Å². The molecule has 10 heteroatoms. The van der Waals surface area contributed by atoms with Gasteiger partial charge in [-0.05, 0) is 106 Å². The molecule has 0 amide bonds. The van der Waals surface area contributed by atoms with Gasteiger partial charge in [0, 0.05) is 59.7 Å². The molecule has 2 atom stereocenters. The summed E-state index contributed by atoms with van der Waals surface area (Å²) in [5.74, 6) is 1.31. The summed E-state index contributed by atoms with van der Waals surface area (Å²) in [7, 11) is 1.95. The van der Waals surface area contributed by atoms with E-state index in [4.69, 9.17) is 14.7 Å². The number of hydrogen-bond donors (Lipinski definition) is 1. The quantitative estimate of drug-likeness (QED) is 0.133. The van der Waals surface area contributed by atoms with Crippen molar-refractivity contribution in [3.63, 3.8) is 0 Å². The predicted octanol–water partition coefficient (Wildman–Crippen LogP) is 8.71. The zero-order valence-corrected chi connectivity index (χ0v) is 30.0. The Hall–Kier alpha value is -4.15. The van der Waals surface area contributed by atoms with E-state index < -0.39 is 11.7 Å². The number of hydrogen-bond acceptors (Lipinski definition) is 6. The lowest BCUT2D eigenvalue weighted by Crippen LogP contribution is -2.31. The molecule has 4 aromatic rings. The zero-order chi connectivity index (χ0) is 36.2. The van der Waals surface area contributed by atoms with Crippen LogP contribution in [-0.4, -0.2) is 57.8 Å². The number of halogens is 3. The molecule has 4 heterocycles. The van der Waals surface area contributed by atoms with Crippen LogP contribution >= 0.6 is 0 Å². The number of ketones is 1. The van der Waals surface area contributed by atoms with Crippen LogP contribution in [0.25, 0.3) is 23.2 Å². The number of aryl methyl sites for hydroxylation is 3. The smallest absolute Gasteiger partial charge is 0.376 e. The Labute approximate surface area is 298 Å². The van der Waals surface area contributed by atoms with Gasteiger partial charge >= 0.3 is 6.18 Å². The lowest BCUT2D eigenvalue weighted by Gasteiger charge is -2.28. The lowest BCUT2D eigenvalue weighted by molar-refractivity contribution is -0.0919. The van der Waals surface area contributed by atoms with Gasteiger partial charge in [-0.25, -0.2) is 4.98 Å². The standard InChI is InChI=1S/C41H48F3N5O2/c1-40(2,3)25-38(50)29-12-15-35-37(23-29)49(26-32-19-22-51-32)39(48-35)16-13-28(17-20-45-4)34-10-6-8-31(47-34)14-11-27-18-21-46-36-24-30(41(42,43)44)7-5-9-33(27)36/h5-6,8-10,12,15,18,21,23-24,28,32,45H,7,11,13-14,16-17,19-20,22,25-26H2,1-4H3. The minimum absolute atomic E-state index is 0.0953. The van der Waals surface area contributed by atoms with Crippen molar-refractivity contribution in [2.45, 2.75) is 96.9 Å². The van der Waals surface area contributed by atoms with Gasteiger partial charge in [-0.1, -0.05) is 39.0 Å². The Balaban J connectivity index is 1.21. The van der Waals surface area contributed by atoms with E-state index in [9.17, 15) is 18.0 Å². The van der Waals surface area contributed by atoms with Gasteiger partial charge in [0.15, 0.2) is 5.78 Å². The maximum absolute atomic E-state index is 13.5. The summed E-state index contributed by atoms with van der Waals surface area (Å²) in [6, 6.07) is 13.9. The number of fused-ring (bicyclic) bond motifs is 2. The Bertz CT molecular complexity index is 1920. The summed E-state index contributed by atoms with van der Waals surface area (Å²) < 4.78 is 48.5. The number of alkyl halides is 3. The van der Waals surface area contributed by atoms with Gasteiger partial charge in [-0.15, -0.1) is 0 Å². The number of allylic oxidation sites excluding steroid dienone is 2. The highest BCUT2D eigenvalue weighted by atomic mass is 19.4. The van der Waals surface area contributed by atoms with Crippen LogP contribution in [0.5, 0.6) is 0 Å². The number of rotatable bonds is 14. The Morgan fingerprint density at radius 1 is 1.06 bits per heavy atom. The van der Waals surface area contributed by atoms with Crippen molar-refractivity contribution in [3.05, 3.63) is 99.9 Å². The molecular formula is C41H48F3N5O2. The van der Waals surface area contributed by atoms with E-state index in [1.165, 1.54) is 6.08 Å². The van der Waals surface area contributed by atoms with Gasteiger partial charge < -0.3 is 14.6 Å². The summed E-state index contributed by atoms with van der Waals surface area (Å²) in [5.41, 5.74) is 5.90. The molecule has 2 unspecified atom stereocenters. The molecule has 6 rings (SSSR count). The number of Topliss-reactive ketones (excluding diaryl/α,β-unsaturated/α-hetero) is 1. The second kappa shape index (κ2) is 15.6. The second-order valence-electron chi connectivity index (χ2n) is 15.0. The van der Waals surface area contributed by atoms with Crippen LogP contribution in [0.2, 0.25) is 0 Å². The van der Waals surface area contributed by atoms with Crippen LogP contribution in [0.1, 0.15) is 103 Å². The molecule has 7 nitrogen and oxygen atoms in total. The average Bonchev–Trinajstić information content (AvgIpc) is 3.23. The van der Waals surface area contributed by atoms with Crippen molar-refractivity contribution in [2.75, 3.05) is 20.2 Å². The topological polar surface area (TPSA) is 81.9 Å². The molecular weight excluding hydrogens is 651 g/mol. The van der Waals surface area contributed by atoms with Crippen LogP contribution in [-0.2, 0) is 30.5 Å². The highest BCUT2D eigenvalue weighted by Gasteiger charge is 2.33. The van der Waals surface area contributed by atoms with Crippen LogP contribution in [0.15, 0.2) is 60.3 Å². The molecule has 2 aliphatic rings. The van der Waals surface area contributed by atoms with Gasteiger partial charge in [0.25, 0.3) is 0 Å².